The summed E-state index contributed by atoms with van der Waals surface area (Å²) >= 11 is 0. The van der Waals surface area contributed by atoms with Crippen LogP contribution in [0.15, 0.2) is 72.8 Å². The van der Waals surface area contributed by atoms with Gasteiger partial charge in [0, 0.05) is 12.3 Å². The number of ether oxygens (including phenoxy) is 4. The summed E-state index contributed by atoms with van der Waals surface area (Å²) in [5.74, 6) is -0.0735. The molecule has 1 N–H and O–H groups in total. The minimum atomic E-state index is -0.571. The Kier molecular flexibility index (Phi) is 8.21. The summed E-state index contributed by atoms with van der Waals surface area (Å²) in [5, 5.41) is 10.1. The Morgan fingerprint density at radius 1 is 0.821 bits per heavy atom. The standard InChI is InChI=1S/C23H28O5/c1-18-21(15-27-16-25-13-19-8-4-2-5-9-19)23(12-22(18)24)28-17-26-14-20-10-6-3-7-11-20/h2-11,21-24H,1,12-17H2/t21-,22+,23-/m0/s1. The van der Waals surface area contributed by atoms with Gasteiger partial charge in [-0.1, -0.05) is 67.2 Å². The molecule has 5 heteroatoms. The van der Waals surface area contributed by atoms with E-state index in [-0.39, 0.29) is 25.6 Å². The average molecular weight is 384 g/mol. The topological polar surface area (TPSA) is 57.2 Å². The van der Waals surface area contributed by atoms with Gasteiger partial charge < -0.3 is 24.1 Å². The van der Waals surface area contributed by atoms with Gasteiger partial charge in [-0.3, -0.25) is 0 Å². The van der Waals surface area contributed by atoms with Crippen LogP contribution in [0, 0.1) is 5.92 Å². The summed E-state index contributed by atoms with van der Waals surface area (Å²) in [6, 6.07) is 19.9. The lowest BCUT2D eigenvalue weighted by Crippen LogP contribution is -2.25. The third kappa shape index (κ3) is 6.26. The molecule has 0 radical (unpaired) electrons. The predicted molar refractivity (Wildman–Crippen MR) is 106 cm³/mol. The Morgan fingerprint density at radius 2 is 1.39 bits per heavy atom. The van der Waals surface area contributed by atoms with Crippen LogP contribution >= 0.6 is 0 Å². The summed E-state index contributed by atoms with van der Waals surface area (Å²) in [6.07, 6.45) is -0.239. The minimum Gasteiger partial charge on any atom is -0.389 e. The Balaban J connectivity index is 1.35. The highest BCUT2D eigenvalue weighted by molar-refractivity contribution is 5.16. The van der Waals surface area contributed by atoms with Crippen molar-refractivity contribution in [1.29, 1.82) is 0 Å². The van der Waals surface area contributed by atoms with E-state index < -0.39 is 6.10 Å². The molecule has 28 heavy (non-hydrogen) atoms. The van der Waals surface area contributed by atoms with Crippen LogP contribution in [-0.2, 0) is 32.2 Å². The van der Waals surface area contributed by atoms with E-state index in [4.69, 9.17) is 18.9 Å². The molecule has 0 saturated heterocycles. The highest BCUT2D eigenvalue weighted by Gasteiger charge is 2.37. The maximum Gasteiger partial charge on any atom is 0.147 e. The normalized spacial score (nSPS) is 21.9. The summed E-state index contributed by atoms with van der Waals surface area (Å²) in [4.78, 5) is 0. The van der Waals surface area contributed by atoms with Gasteiger partial charge >= 0.3 is 0 Å². The van der Waals surface area contributed by atoms with Crippen molar-refractivity contribution < 1.29 is 24.1 Å². The first-order chi connectivity index (χ1) is 13.7. The summed E-state index contributed by atoms with van der Waals surface area (Å²) < 4.78 is 22.6. The highest BCUT2D eigenvalue weighted by atomic mass is 16.7. The van der Waals surface area contributed by atoms with Crippen LogP contribution < -0.4 is 0 Å². The van der Waals surface area contributed by atoms with Crippen LogP contribution in [0.25, 0.3) is 0 Å². The summed E-state index contributed by atoms with van der Waals surface area (Å²) in [5.41, 5.74) is 2.94. The molecule has 0 unspecified atom stereocenters. The van der Waals surface area contributed by atoms with Gasteiger partial charge in [0.1, 0.15) is 13.6 Å². The lowest BCUT2D eigenvalue weighted by Gasteiger charge is -2.20. The minimum absolute atomic E-state index is 0.0735. The van der Waals surface area contributed by atoms with E-state index in [9.17, 15) is 5.11 Å². The van der Waals surface area contributed by atoms with E-state index in [0.29, 0.717) is 26.2 Å². The molecule has 1 aliphatic rings. The first kappa shape index (κ1) is 20.7. The van der Waals surface area contributed by atoms with Crippen molar-refractivity contribution in [3.8, 4) is 0 Å². The van der Waals surface area contributed by atoms with Crippen molar-refractivity contribution in [2.24, 2.45) is 5.92 Å². The van der Waals surface area contributed by atoms with Gasteiger partial charge in [-0.05, 0) is 16.7 Å². The van der Waals surface area contributed by atoms with Gasteiger partial charge in [0.2, 0.25) is 0 Å². The molecule has 0 heterocycles. The number of rotatable bonds is 11. The molecule has 3 rings (SSSR count). The van der Waals surface area contributed by atoms with Gasteiger partial charge in [-0.2, -0.15) is 0 Å². The first-order valence-electron chi connectivity index (χ1n) is 9.53. The van der Waals surface area contributed by atoms with Crippen LogP contribution in [0.3, 0.4) is 0 Å². The van der Waals surface area contributed by atoms with Gasteiger partial charge in [-0.25, -0.2) is 0 Å². The second kappa shape index (κ2) is 11.1. The Hall–Kier alpha value is -2.02. The molecule has 2 aromatic carbocycles. The fourth-order valence-corrected chi connectivity index (χ4v) is 3.26. The molecular weight excluding hydrogens is 356 g/mol. The largest absolute Gasteiger partial charge is 0.389 e. The van der Waals surface area contributed by atoms with Crippen molar-refractivity contribution in [3.63, 3.8) is 0 Å². The van der Waals surface area contributed by atoms with Crippen LogP contribution in [0.1, 0.15) is 17.5 Å². The molecule has 5 nitrogen and oxygen atoms in total. The quantitative estimate of drug-likeness (QED) is 0.364. The van der Waals surface area contributed by atoms with E-state index in [1.165, 1.54) is 0 Å². The second-order valence-corrected chi connectivity index (χ2v) is 6.91. The maximum absolute atomic E-state index is 10.1. The smallest absolute Gasteiger partial charge is 0.147 e. The van der Waals surface area contributed by atoms with Crippen LogP contribution in [0.2, 0.25) is 0 Å². The third-order valence-corrected chi connectivity index (χ3v) is 4.86. The molecule has 3 atom stereocenters. The van der Waals surface area contributed by atoms with E-state index in [2.05, 4.69) is 6.58 Å². The van der Waals surface area contributed by atoms with E-state index >= 15 is 0 Å². The molecular formula is C23H28O5. The third-order valence-electron chi connectivity index (χ3n) is 4.86. The predicted octanol–water partition coefficient (Wildman–Crippen LogP) is 3.67. The lowest BCUT2D eigenvalue weighted by molar-refractivity contribution is -0.123. The van der Waals surface area contributed by atoms with Crippen molar-refractivity contribution in [2.45, 2.75) is 31.8 Å². The molecule has 0 bridgehead atoms. The zero-order valence-corrected chi connectivity index (χ0v) is 16.0. The zero-order chi connectivity index (χ0) is 19.6. The molecule has 0 aromatic heterocycles. The molecule has 1 fully saturated rings. The lowest BCUT2D eigenvalue weighted by atomic mass is 10.0. The Morgan fingerprint density at radius 3 is 2.00 bits per heavy atom. The van der Waals surface area contributed by atoms with E-state index in [0.717, 1.165) is 16.7 Å². The molecule has 0 amide bonds. The maximum atomic E-state index is 10.1. The summed E-state index contributed by atoms with van der Waals surface area (Å²) in [6.45, 7) is 5.74. The molecule has 2 aromatic rings. The molecule has 0 spiro atoms. The van der Waals surface area contributed by atoms with Crippen molar-refractivity contribution in [3.05, 3.63) is 83.9 Å². The summed E-state index contributed by atoms with van der Waals surface area (Å²) in [7, 11) is 0. The number of benzene rings is 2. The van der Waals surface area contributed by atoms with E-state index in [1.807, 2.05) is 60.7 Å². The average Bonchev–Trinajstić information content (AvgIpc) is 3.00. The zero-order valence-electron chi connectivity index (χ0n) is 16.0. The molecule has 0 aliphatic heterocycles. The molecule has 1 aliphatic carbocycles. The number of hydrogen-bond donors (Lipinski definition) is 1. The molecule has 150 valence electrons. The van der Waals surface area contributed by atoms with Gasteiger partial charge in [0.05, 0.1) is 32.0 Å². The fraction of sp³-hybridized carbons (Fsp3) is 0.391. The van der Waals surface area contributed by atoms with Gasteiger partial charge in [0.15, 0.2) is 0 Å². The van der Waals surface area contributed by atoms with Crippen molar-refractivity contribution in [2.75, 3.05) is 20.2 Å². The number of hydrogen-bond acceptors (Lipinski definition) is 5. The van der Waals surface area contributed by atoms with Gasteiger partial charge in [-0.15, -0.1) is 0 Å². The Bertz CT molecular complexity index is 703. The first-order valence-corrected chi connectivity index (χ1v) is 9.53. The number of aliphatic hydroxyl groups excluding tert-OH is 1. The second-order valence-electron chi connectivity index (χ2n) is 6.91. The highest BCUT2D eigenvalue weighted by Crippen LogP contribution is 2.33. The monoisotopic (exact) mass is 384 g/mol. The molecule has 1 saturated carbocycles. The van der Waals surface area contributed by atoms with Gasteiger partial charge in [0.25, 0.3) is 0 Å². The van der Waals surface area contributed by atoms with Crippen LogP contribution in [0.4, 0.5) is 0 Å². The van der Waals surface area contributed by atoms with Crippen LogP contribution in [-0.4, -0.2) is 37.5 Å². The SMILES string of the molecule is C=C1[C@H](O)C[C@H](OCOCc2ccccc2)[C@H]1COCOCc1ccccc1. The Labute approximate surface area is 166 Å². The van der Waals surface area contributed by atoms with E-state index in [1.54, 1.807) is 0 Å². The number of aliphatic hydroxyl groups is 1. The van der Waals surface area contributed by atoms with Crippen molar-refractivity contribution in [1.82, 2.24) is 0 Å². The van der Waals surface area contributed by atoms with Crippen molar-refractivity contribution >= 4 is 0 Å². The van der Waals surface area contributed by atoms with Crippen LogP contribution in [0.5, 0.6) is 0 Å². The fourth-order valence-electron chi connectivity index (χ4n) is 3.26.